The first-order valence-corrected chi connectivity index (χ1v) is 6.35. The molecule has 1 rings (SSSR count). The lowest BCUT2D eigenvalue weighted by molar-refractivity contribution is -0.161. The summed E-state index contributed by atoms with van der Waals surface area (Å²) in [5.74, 6) is -0.654. The van der Waals surface area contributed by atoms with E-state index in [-0.39, 0.29) is 11.9 Å². The molecule has 0 aromatic heterocycles. The van der Waals surface area contributed by atoms with Crippen LogP contribution in [0.15, 0.2) is 0 Å². The molecule has 1 unspecified atom stereocenters. The van der Waals surface area contributed by atoms with Crippen molar-refractivity contribution in [2.24, 2.45) is 5.41 Å². The predicted molar refractivity (Wildman–Crippen MR) is 69.1 cm³/mol. The fraction of sp³-hybridized carbons (Fsp3) is 0.846. The first-order valence-electron chi connectivity index (χ1n) is 6.35. The SMILES string of the molecule is COC(=O)C(C)(C)C(=O)N(C)C1CCCN(C)C1. The number of piperidine rings is 1. The lowest BCUT2D eigenvalue weighted by Gasteiger charge is -2.38. The average molecular weight is 256 g/mol. The Morgan fingerprint density at radius 2 is 2.00 bits per heavy atom. The van der Waals surface area contributed by atoms with Gasteiger partial charge in [0.1, 0.15) is 5.41 Å². The minimum atomic E-state index is -1.11. The van der Waals surface area contributed by atoms with Crippen LogP contribution in [0.5, 0.6) is 0 Å². The summed E-state index contributed by atoms with van der Waals surface area (Å²) in [5, 5.41) is 0. The van der Waals surface area contributed by atoms with Crippen molar-refractivity contribution in [2.45, 2.75) is 32.7 Å². The highest BCUT2D eigenvalue weighted by Gasteiger charge is 2.41. The highest BCUT2D eigenvalue weighted by molar-refractivity contribution is 6.01. The van der Waals surface area contributed by atoms with Gasteiger partial charge in [-0.05, 0) is 40.3 Å². The van der Waals surface area contributed by atoms with Crippen LogP contribution in [0.3, 0.4) is 0 Å². The number of amides is 1. The van der Waals surface area contributed by atoms with Gasteiger partial charge in [-0.25, -0.2) is 0 Å². The Kier molecular flexibility index (Phi) is 4.73. The van der Waals surface area contributed by atoms with Crippen molar-refractivity contribution in [3.63, 3.8) is 0 Å². The quantitative estimate of drug-likeness (QED) is 0.552. The summed E-state index contributed by atoms with van der Waals surface area (Å²) in [7, 11) is 5.14. The molecule has 18 heavy (non-hydrogen) atoms. The molecule has 104 valence electrons. The smallest absolute Gasteiger partial charge is 0.320 e. The van der Waals surface area contributed by atoms with Crippen LogP contribution in [-0.2, 0) is 14.3 Å². The maximum absolute atomic E-state index is 12.4. The third-order valence-electron chi connectivity index (χ3n) is 3.70. The van der Waals surface area contributed by atoms with Gasteiger partial charge in [0.25, 0.3) is 0 Å². The average Bonchev–Trinajstić information content (AvgIpc) is 2.35. The third-order valence-corrected chi connectivity index (χ3v) is 3.70. The van der Waals surface area contributed by atoms with E-state index in [1.54, 1.807) is 25.8 Å². The Bertz CT molecular complexity index is 328. The molecule has 0 aliphatic carbocycles. The van der Waals surface area contributed by atoms with Gasteiger partial charge in [-0.1, -0.05) is 0 Å². The van der Waals surface area contributed by atoms with Crippen molar-refractivity contribution in [1.82, 2.24) is 9.80 Å². The molecule has 1 aliphatic heterocycles. The van der Waals surface area contributed by atoms with Gasteiger partial charge in [0.2, 0.25) is 5.91 Å². The number of likely N-dealkylation sites (tertiary alicyclic amines) is 1. The molecule has 1 saturated heterocycles. The number of hydrogen-bond acceptors (Lipinski definition) is 4. The van der Waals surface area contributed by atoms with Crippen molar-refractivity contribution in [1.29, 1.82) is 0 Å². The van der Waals surface area contributed by atoms with Crippen molar-refractivity contribution < 1.29 is 14.3 Å². The van der Waals surface area contributed by atoms with Crippen LogP contribution < -0.4 is 0 Å². The summed E-state index contributed by atoms with van der Waals surface area (Å²) >= 11 is 0. The Labute approximate surface area is 109 Å². The molecule has 1 amide bonds. The third kappa shape index (κ3) is 3.02. The molecule has 5 nitrogen and oxygen atoms in total. The largest absolute Gasteiger partial charge is 0.468 e. The molecule has 0 saturated carbocycles. The standard InChI is InChI=1S/C13H24N2O3/c1-13(2,12(17)18-5)11(16)15(4)10-7-6-8-14(3)9-10/h10H,6-9H2,1-5H3. The van der Waals surface area contributed by atoms with E-state index < -0.39 is 11.4 Å². The van der Waals surface area contributed by atoms with Crippen LogP contribution in [0.1, 0.15) is 26.7 Å². The Hall–Kier alpha value is -1.10. The molecule has 0 aromatic carbocycles. The second kappa shape index (κ2) is 5.69. The molecule has 5 heteroatoms. The predicted octanol–water partition coefficient (Wildman–Crippen LogP) is 0.738. The first kappa shape index (κ1) is 15.0. The van der Waals surface area contributed by atoms with E-state index in [0.717, 1.165) is 25.9 Å². The number of carbonyl (C=O) groups excluding carboxylic acids is 2. The van der Waals surface area contributed by atoms with E-state index in [1.165, 1.54) is 7.11 Å². The highest BCUT2D eigenvalue weighted by Crippen LogP contribution is 2.23. The number of rotatable bonds is 3. The normalized spacial score (nSPS) is 21.5. The van der Waals surface area contributed by atoms with Crippen LogP contribution in [-0.4, -0.2) is 62.0 Å². The maximum atomic E-state index is 12.4. The summed E-state index contributed by atoms with van der Waals surface area (Å²) < 4.78 is 4.70. The van der Waals surface area contributed by atoms with Gasteiger partial charge in [-0.2, -0.15) is 0 Å². The van der Waals surface area contributed by atoms with Gasteiger partial charge in [-0.15, -0.1) is 0 Å². The Morgan fingerprint density at radius 3 is 2.50 bits per heavy atom. The number of esters is 1. The van der Waals surface area contributed by atoms with Crippen LogP contribution in [0, 0.1) is 5.41 Å². The molecular weight excluding hydrogens is 232 g/mol. The van der Waals surface area contributed by atoms with Crippen LogP contribution in [0.4, 0.5) is 0 Å². The Balaban J connectivity index is 2.74. The van der Waals surface area contributed by atoms with E-state index in [9.17, 15) is 9.59 Å². The second-order valence-electron chi connectivity index (χ2n) is 5.59. The highest BCUT2D eigenvalue weighted by atomic mass is 16.5. The molecule has 1 fully saturated rings. The number of methoxy groups -OCH3 is 1. The summed E-state index contributed by atoms with van der Waals surface area (Å²) in [6.07, 6.45) is 2.07. The lowest BCUT2D eigenvalue weighted by atomic mass is 9.90. The van der Waals surface area contributed by atoms with Gasteiger partial charge in [0, 0.05) is 19.6 Å². The molecule has 1 atom stereocenters. The number of likely N-dealkylation sites (N-methyl/N-ethyl adjacent to an activating group) is 2. The topological polar surface area (TPSA) is 49.9 Å². The zero-order valence-corrected chi connectivity index (χ0v) is 12.0. The molecule has 1 heterocycles. The molecule has 0 aromatic rings. The fourth-order valence-electron chi connectivity index (χ4n) is 2.40. The molecule has 0 bridgehead atoms. The van der Waals surface area contributed by atoms with Crippen LogP contribution in [0.25, 0.3) is 0 Å². The molecule has 0 N–H and O–H groups in total. The van der Waals surface area contributed by atoms with Crippen molar-refractivity contribution >= 4 is 11.9 Å². The van der Waals surface area contributed by atoms with E-state index >= 15 is 0 Å². The van der Waals surface area contributed by atoms with Crippen molar-refractivity contribution in [3.8, 4) is 0 Å². The zero-order chi connectivity index (χ0) is 13.9. The molecule has 0 radical (unpaired) electrons. The summed E-state index contributed by atoms with van der Waals surface area (Å²) in [6.45, 7) is 5.16. The summed E-state index contributed by atoms with van der Waals surface area (Å²) in [6, 6.07) is 0.181. The maximum Gasteiger partial charge on any atom is 0.320 e. The number of nitrogens with zero attached hydrogens (tertiary/aromatic N) is 2. The zero-order valence-electron chi connectivity index (χ0n) is 12.0. The van der Waals surface area contributed by atoms with Crippen LogP contribution in [0.2, 0.25) is 0 Å². The van der Waals surface area contributed by atoms with E-state index in [4.69, 9.17) is 4.74 Å². The molecule has 0 spiro atoms. The molecule has 1 aliphatic rings. The number of ether oxygens (including phenoxy) is 1. The minimum absolute atomic E-state index is 0.172. The van der Waals surface area contributed by atoms with E-state index in [0.29, 0.717) is 0 Å². The molecular formula is C13H24N2O3. The van der Waals surface area contributed by atoms with Crippen molar-refractivity contribution in [2.75, 3.05) is 34.3 Å². The first-order chi connectivity index (χ1) is 8.30. The fourth-order valence-corrected chi connectivity index (χ4v) is 2.40. The monoisotopic (exact) mass is 256 g/mol. The van der Waals surface area contributed by atoms with E-state index in [1.807, 2.05) is 0 Å². The summed E-state index contributed by atoms with van der Waals surface area (Å²) in [5.41, 5.74) is -1.11. The lowest BCUT2D eigenvalue weighted by Crippen LogP contribution is -2.52. The Morgan fingerprint density at radius 1 is 1.39 bits per heavy atom. The van der Waals surface area contributed by atoms with Gasteiger partial charge in [0.05, 0.1) is 7.11 Å². The van der Waals surface area contributed by atoms with Gasteiger partial charge in [-0.3, -0.25) is 9.59 Å². The van der Waals surface area contributed by atoms with Gasteiger partial charge < -0.3 is 14.5 Å². The number of carbonyl (C=O) groups is 2. The van der Waals surface area contributed by atoms with Gasteiger partial charge in [0.15, 0.2) is 0 Å². The van der Waals surface area contributed by atoms with E-state index in [2.05, 4.69) is 11.9 Å². The minimum Gasteiger partial charge on any atom is -0.468 e. The second-order valence-corrected chi connectivity index (χ2v) is 5.59. The van der Waals surface area contributed by atoms with Crippen LogP contribution >= 0.6 is 0 Å². The summed E-state index contributed by atoms with van der Waals surface area (Å²) in [4.78, 5) is 27.9. The van der Waals surface area contributed by atoms with Crippen molar-refractivity contribution in [3.05, 3.63) is 0 Å². The number of hydrogen-bond donors (Lipinski definition) is 0. The van der Waals surface area contributed by atoms with Gasteiger partial charge >= 0.3 is 5.97 Å².